The van der Waals surface area contributed by atoms with Gasteiger partial charge in [-0.25, -0.2) is 18.3 Å². The maximum Gasteiger partial charge on any atom is 0.280 e. The lowest BCUT2D eigenvalue weighted by atomic mass is 9.85. The largest absolute Gasteiger partial charge is 0.389 e. The van der Waals surface area contributed by atoms with E-state index in [1.807, 2.05) is 20.8 Å². The van der Waals surface area contributed by atoms with E-state index < -0.39 is 22.4 Å². The van der Waals surface area contributed by atoms with Crippen molar-refractivity contribution in [3.05, 3.63) is 46.9 Å². The van der Waals surface area contributed by atoms with Gasteiger partial charge in [-0.05, 0) is 59.1 Å². The highest BCUT2D eigenvalue weighted by Crippen LogP contribution is 2.40. The zero-order chi connectivity index (χ0) is 27.7. The minimum atomic E-state index is -1.54. The van der Waals surface area contributed by atoms with Gasteiger partial charge in [0, 0.05) is 28.4 Å². The van der Waals surface area contributed by atoms with E-state index in [1.54, 1.807) is 38.1 Å². The van der Waals surface area contributed by atoms with Crippen LogP contribution < -0.4 is 10.0 Å². The number of rotatable bonds is 8. The molecule has 1 aliphatic carbocycles. The third kappa shape index (κ3) is 7.05. The molecule has 1 heterocycles. The van der Waals surface area contributed by atoms with Gasteiger partial charge < -0.3 is 10.4 Å². The van der Waals surface area contributed by atoms with Gasteiger partial charge in [-0.15, -0.1) is 11.3 Å². The van der Waals surface area contributed by atoms with Crippen LogP contribution >= 0.6 is 11.3 Å². The zero-order valence-corrected chi connectivity index (χ0v) is 24.5. The highest BCUT2D eigenvalue weighted by Gasteiger charge is 2.26. The number of nitrogens with one attached hydrogen (secondary N) is 2. The maximum atomic E-state index is 15.5. The molecule has 1 amide bonds. The fourth-order valence-corrected chi connectivity index (χ4v) is 7.12. The van der Waals surface area contributed by atoms with E-state index >= 15 is 4.39 Å². The average Bonchev–Trinajstić information content (AvgIpc) is 3.24. The number of halogens is 1. The van der Waals surface area contributed by atoms with Crippen molar-refractivity contribution < 1.29 is 18.5 Å². The van der Waals surface area contributed by atoms with Crippen LogP contribution in [-0.2, 0) is 17.4 Å². The first-order valence-corrected chi connectivity index (χ1v) is 15.2. The molecule has 1 aliphatic rings. The van der Waals surface area contributed by atoms with Crippen molar-refractivity contribution in [2.75, 3.05) is 6.54 Å². The summed E-state index contributed by atoms with van der Waals surface area (Å²) in [5.41, 5.74) is 0.00688. The maximum absolute atomic E-state index is 15.5. The Morgan fingerprint density at radius 1 is 1.13 bits per heavy atom. The molecule has 3 aromatic rings. The Morgan fingerprint density at radius 3 is 2.50 bits per heavy atom. The molecule has 9 heteroatoms. The summed E-state index contributed by atoms with van der Waals surface area (Å²) < 4.78 is 31.8. The summed E-state index contributed by atoms with van der Waals surface area (Å²) >= 11 is 1.24. The van der Waals surface area contributed by atoms with E-state index in [9.17, 15) is 14.1 Å². The van der Waals surface area contributed by atoms with Gasteiger partial charge in [0.05, 0.1) is 21.1 Å². The number of aromatic nitrogens is 1. The summed E-state index contributed by atoms with van der Waals surface area (Å²) in [5, 5.41) is 14.1. The van der Waals surface area contributed by atoms with Gasteiger partial charge >= 0.3 is 0 Å². The number of thiazole rings is 1. The van der Waals surface area contributed by atoms with Crippen LogP contribution in [0.15, 0.2) is 35.2 Å². The molecule has 1 atom stereocenters. The number of aliphatic hydroxyl groups is 1. The normalized spacial score (nSPS) is 16.1. The summed E-state index contributed by atoms with van der Waals surface area (Å²) in [6, 6.07) is 8.42. The SMILES string of the molecule is CC(C)(O)CNC(=O)c1nc(CC2CCCCC2)c(-c2ccc(S(=O)NC(C)(C)C)c3cccc(F)c23)s1. The lowest BCUT2D eigenvalue weighted by molar-refractivity contribution is 0.0694. The molecule has 1 unspecified atom stereocenters. The van der Waals surface area contributed by atoms with Crippen molar-refractivity contribution in [2.45, 2.75) is 89.2 Å². The molecule has 1 aromatic heterocycles. The highest BCUT2D eigenvalue weighted by molar-refractivity contribution is 7.83. The van der Waals surface area contributed by atoms with Crippen LogP contribution in [0.2, 0.25) is 0 Å². The van der Waals surface area contributed by atoms with E-state index in [0.717, 1.165) is 29.8 Å². The summed E-state index contributed by atoms with van der Waals surface area (Å²) in [6.45, 7) is 9.15. The van der Waals surface area contributed by atoms with Gasteiger partial charge in [-0.1, -0.05) is 50.3 Å². The molecule has 0 radical (unpaired) electrons. The molecule has 4 rings (SSSR count). The van der Waals surface area contributed by atoms with E-state index in [1.165, 1.54) is 36.7 Å². The fourth-order valence-electron chi connectivity index (χ4n) is 4.85. The Balaban J connectivity index is 1.81. The fraction of sp³-hybridized carbons (Fsp3) is 0.517. The standard InChI is InChI=1S/C29H38FN3O3S2/c1-28(2,3)33-38(36)23-15-14-20(24-19(23)12-9-13-21(24)30)25-22(16-18-10-7-6-8-11-18)32-27(37-25)26(34)31-17-29(4,5)35/h9,12-15,18,33,35H,6-8,10-11,16-17H2,1-5H3,(H,31,34). The number of nitrogens with zero attached hydrogens (tertiary/aromatic N) is 1. The van der Waals surface area contributed by atoms with Crippen LogP contribution in [0.3, 0.4) is 0 Å². The molecule has 6 nitrogen and oxygen atoms in total. The van der Waals surface area contributed by atoms with Crippen molar-refractivity contribution in [2.24, 2.45) is 5.92 Å². The second-order valence-electron chi connectivity index (χ2n) is 11.9. The molecular formula is C29H38FN3O3S2. The van der Waals surface area contributed by atoms with Gasteiger partial charge in [0.1, 0.15) is 16.8 Å². The summed E-state index contributed by atoms with van der Waals surface area (Å²) in [4.78, 5) is 19.0. The molecule has 2 aromatic carbocycles. The third-order valence-electron chi connectivity index (χ3n) is 6.57. The van der Waals surface area contributed by atoms with Gasteiger partial charge in [0.15, 0.2) is 5.01 Å². The number of amides is 1. The van der Waals surface area contributed by atoms with Gasteiger partial charge in [0.2, 0.25) is 0 Å². The zero-order valence-electron chi connectivity index (χ0n) is 22.8. The summed E-state index contributed by atoms with van der Waals surface area (Å²) in [5.74, 6) is -0.293. The summed E-state index contributed by atoms with van der Waals surface area (Å²) in [6.07, 6.45) is 6.55. The number of fused-ring (bicyclic) bond motifs is 1. The van der Waals surface area contributed by atoms with E-state index in [0.29, 0.717) is 32.2 Å². The minimum absolute atomic E-state index is 0.0948. The first kappa shape index (κ1) is 28.8. The van der Waals surface area contributed by atoms with Crippen molar-refractivity contribution in [1.29, 1.82) is 0 Å². The Hall–Kier alpha value is -2.20. The molecule has 1 fully saturated rings. The monoisotopic (exact) mass is 559 g/mol. The molecule has 0 aliphatic heterocycles. The Morgan fingerprint density at radius 2 is 1.84 bits per heavy atom. The van der Waals surface area contributed by atoms with Crippen LogP contribution in [0.4, 0.5) is 4.39 Å². The van der Waals surface area contributed by atoms with Crippen molar-refractivity contribution in [3.63, 3.8) is 0 Å². The van der Waals surface area contributed by atoms with Crippen LogP contribution in [-0.4, -0.2) is 37.9 Å². The van der Waals surface area contributed by atoms with Crippen LogP contribution in [0.25, 0.3) is 21.2 Å². The number of hydrogen-bond acceptors (Lipinski definition) is 5. The number of carbonyl (C=O) groups is 1. The Bertz CT molecular complexity index is 1340. The second kappa shape index (κ2) is 11.5. The van der Waals surface area contributed by atoms with Crippen LogP contribution in [0.1, 0.15) is 82.2 Å². The summed E-state index contributed by atoms with van der Waals surface area (Å²) in [7, 11) is -1.54. The van der Waals surface area contributed by atoms with Gasteiger partial charge in [-0.2, -0.15) is 0 Å². The van der Waals surface area contributed by atoms with Crippen LogP contribution in [0.5, 0.6) is 0 Å². The van der Waals surface area contributed by atoms with Crippen molar-refractivity contribution in [3.8, 4) is 10.4 Å². The molecule has 0 spiro atoms. The molecule has 1 saturated carbocycles. The molecule has 206 valence electrons. The quantitative estimate of drug-likeness (QED) is 0.309. The average molecular weight is 560 g/mol. The van der Waals surface area contributed by atoms with E-state index in [-0.39, 0.29) is 18.0 Å². The number of benzene rings is 2. The van der Waals surface area contributed by atoms with Crippen LogP contribution in [0, 0.1) is 11.7 Å². The van der Waals surface area contributed by atoms with Gasteiger partial charge in [-0.3, -0.25) is 4.79 Å². The highest BCUT2D eigenvalue weighted by atomic mass is 32.2. The Kier molecular flexibility index (Phi) is 8.71. The smallest absolute Gasteiger partial charge is 0.280 e. The molecule has 38 heavy (non-hydrogen) atoms. The number of carbonyl (C=O) groups excluding carboxylic acids is 1. The Labute approximate surface area is 231 Å². The van der Waals surface area contributed by atoms with E-state index in [2.05, 4.69) is 10.0 Å². The lowest BCUT2D eigenvalue weighted by Crippen LogP contribution is -2.38. The van der Waals surface area contributed by atoms with E-state index in [4.69, 9.17) is 4.98 Å². The predicted molar refractivity (Wildman–Crippen MR) is 153 cm³/mol. The van der Waals surface area contributed by atoms with Crippen molar-refractivity contribution >= 4 is 39.0 Å². The number of hydrogen-bond donors (Lipinski definition) is 3. The molecule has 0 bridgehead atoms. The topological polar surface area (TPSA) is 91.3 Å². The van der Waals surface area contributed by atoms with Gasteiger partial charge in [0.25, 0.3) is 5.91 Å². The second-order valence-corrected chi connectivity index (χ2v) is 14.1. The lowest BCUT2D eigenvalue weighted by Gasteiger charge is -2.22. The van der Waals surface area contributed by atoms with Crippen molar-refractivity contribution in [1.82, 2.24) is 15.0 Å². The molecular weight excluding hydrogens is 521 g/mol. The molecule has 3 N–H and O–H groups in total. The third-order valence-corrected chi connectivity index (χ3v) is 9.26. The first-order valence-electron chi connectivity index (χ1n) is 13.2. The first-order chi connectivity index (χ1) is 17.8. The molecule has 0 saturated heterocycles. The minimum Gasteiger partial charge on any atom is -0.389 e. The predicted octanol–water partition coefficient (Wildman–Crippen LogP) is 6.14.